The van der Waals surface area contributed by atoms with Gasteiger partial charge >= 0.3 is 10.2 Å². The third-order valence-electron chi connectivity index (χ3n) is 2.36. The molecule has 0 unspecified atom stereocenters. The second-order valence-corrected chi connectivity index (χ2v) is 6.06. The maximum atomic E-state index is 11.7. The van der Waals surface area contributed by atoms with Crippen molar-refractivity contribution in [2.45, 2.75) is 13.3 Å². The van der Waals surface area contributed by atoms with Crippen molar-refractivity contribution in [2.75, 3.05) is 25.4 Å². The van der Waals surface area contributed by atoms with Gasteiger partial charge in [0.25, 0.3) is 5.69 Å². The number of hydrogen-bond acceptors (Lipinski definition) is 5. The summed E-state index contributed by atoms with van der Waals surface area (Å²) in [5, 5.41) is 11.0. The normalized spacial score (nSPS) is 11.4. The zero-order valence-electron chi connectivity index (χ0n) is 11.5. The third-order valence-corrected chi connectivity index (χ3v) is 3.80. The topological polar surface area (TPSA) is 102 Å². The van der Waals surface area contributed by atoms with Gasteiger partial charge in [-0.1, -0.05) is 6.92 Å². The Kier molecular flexibility index (Phi) is 5.28. The van der Waals surface area contributed by atoms with Crippen LogP contribution in [-0.4, -0.2) is 38.3 Å². The average Bonchev–Trinajstić information content (AvgIpc) is 2.36. The van der Waals surface area contributed by atoms with Crippen molar-refractivity contribution in [1.29, 1.82) is 0 Å². The molecule has 112 valence electrons. The van der Waals surface area contributed by atoms with Crippen LogP contribution < -0.4 is 9.46 Å². The molecule has 0 spiro atoms. The monoisotopic (exact) mass is 303 g/mol. The largest absolute Gasteiger partial charge is 0.493 e. The van der Waals surface area contributed by atoms with E-state index in [4.69, 9.17) is 4.74 Å². The summed E-state index contributed by atoms with van der Waals surface area (Å²) in [4.78, 5) is 10.3. The van der Waals surface area contributed by atoms with Gasteiger partial charge in [-0.05, 0) is 18.6 Å². The second-order valence-electron chi connectivity index (χ2n) is 4.17. The quantitative estimate of drug-likeness (QED) is 0.609. The van der Waals surface area contributed by atoms with E-state index in [0.29, 0.717) is 12.4 Å². The summed E-state index contributed by atoms with van der Waals surface area (Å²) in [5.74, 6) is 0.325. The van der Waals surface area contributed by atoms with E-state index in [-0.39, 0.29) is 11.4 Å². The second kappa shape index (κ2) is 6.53. The highest BCUT2D eigenvalue weighted by Crippen LogP contribution is 2.30. The summed E-state index contributed by atoms with van der Waals surface area (Å²) in [5.41, 5.74) is -0.462. The number of hydrogen-bond donors (Lipinski definition) is 1. The number of ether oxygens (including phenoxy) is 1. The van der Waals surface area contributed by atoms with Crippen LogP contribution in [-0.2, 0) is 10.2 Å². The molecule has 0 amide bonds. The molecule has 0 radical (unpaired) electrons. The molecule has 1 aromatic carbocycles. The van der Waals surface area contributed by atoms with Gasteiger partial charge in [0.1, 0.15) is 11.4 Å². The number of benzene rings is 1. The molecule has 1 aromatic rings. The van der Waals surface area contributed by atoms with E-state index in [2.05, 4.69) is 4.72 Å². The van der Waals surface area contributed by atoms with E-state index in [0.717, 1.165) is 10.7 Å². The molecule has 0 heterocycles. The molecule has 0 aliphatic heterocycles. The van der Waals surface area contributed by atoms with Gasteiger partial charge in [0, 0.05) is 14.1 Å². The lowest BCUT2D eigenvalue weighted by molar-refractivity contribution is -0.384. The molecule has 9 heteroatoms. The van der Waals surface area contributed by atoms with Gasteiger partial charge in [0.05, 0.1) is 17.6 Å². The van der Waals surface area contributed by atoms with Crippen molar-refractivity contribution in [3.05, 3.63) is 28.3 Å². The maximum Gasteiger partial charge on any atom is 0.301 e. The summed E-state index contributed by atoms with van der Waals surface area (Å²) in [7, 11) is -1.15. The first-order valence-electron chi connectivity index (χ1n) is 5.89. The Hall–Kier alpha value is -1.87. The van der Waals surface area contributed by atoms with Crippen LogP contribution in [0.5, 0.6) is 5.75 Å². The highest BCUT2D eigenvalue weighted by atomic mass is 32.2. The number of nitro benzene ring substituents is 1. The van der Waals surface area contributed by atoms with Gasteiger partial charge in [-0.2, -0.15) is 12.7 Å². The van der Waals surface area contributed by atoms with Gasteiger partial charge in [-0.25, -0.2) is 0 Å². The summed E-state index contributed by atoms with van der Waals surface area (Å²) < 4.78 is 31.8. The summed E-state index contributed by atoms with van der Waals surface area (Å²) in [6.45, 7) is 2.34. The molecule has 0 aliphatic rings. The Morgan fingerprint density at radius 3 is 2.55 bits per heavy atom. The summed E-state index contributed by atoms with van der Waals surface area (Å²) in [6, 6.07) is 3.99. The highest BCUT2D eigenvalue weighted by Gasteiger charge is 2.21. The van der Waals surface area contributed by atoms with Crippen LogP contribution in [0, 0.1) is 10.1 Å². The van der Waals surface area contributed by atoms with Gasteiger partial charge in [0.15, 0.2) is 0 Å². The predicted octanol–water partition coefficient (Wildman–Crippen LogP) is 1.60. The van der Waals surface area contributed by atoms with E-state index < -0.39 is 15.1 Å². The Morgan fingerprint density at radius 1 is 1.40 bits per heavy atom. The van der Waals surface area contributed by atoms with Crippen LogP contribution in [0.3, 0.4) is 0 Å². The zero-order valence-corrected chi connectivity index (χ0v) is 12.3. The Labute approximate surface area is 117 Å². The van der Waals surface area contributed by atoms with Gasteiger partial charge in [-0.15, -0.1) is 0 Å². The van der Waals surface area contributed by atoms with Crippen molar-refractivity contribution in [3.8, 4) is 5.75 Å². The van der Waals surface area contributed by atoms with Crippen molar-refractivity contribution in [2.24, 2.45) is 0 Å². The molecule has 0 aromatic heterocycles. The molecule has 1 N–H and O–H groups in total. The van der Waals surface area contributed by atoms with Crippen molar-refractivity contribution in [1.82, 2.24) is 4.31 Å². The first kappa shape index (κ1) is 16.2. The summed E-state index contributed by atoms with van der Waals surface area (Å²) in [6.07, 6.45) is 0.767. The minimum Gasteiger partial charge on any atom is -0.493 e. The van der Waals surface area contributed by atoms with Crippen LogP contribution in [0.25, 0.3) is 0 Å². The highest BCUT2D eigenvalue weighted by molar-refractivity contribution is 7.90. The maximum absolute atomic E-state index is 11.7. The van der Waals surface area contributed by atoms with Crippen LogP contribution in [0.4, 0.5) is 11.4 Å². The van der Waals surface area contributed by atoms with Crippen molar-refractivity contribution in [3.63, 3.8) is 0 Å². The lowest BCUT2D eigenvalue weighted by Crippen LogP contribution is -2.29. The first-order valence-corrected chi connectivity index (χ1v) is 7.33. The number of nitro groups is 1. The van der Waals surface area contributed by atoms with Crippen LogP contribution >= 0.6 is 0 Å². The van der Waals surface area contributed by atoms with Crippen molar-refractivity contribution >= 4 is 21.6 Å². The van der Waals surface area contributed by atoms with E-state index in [1.807, 2.05) is 6.92 Å². The zero-order chi connectivity index (χ0) is 15.3. The molecule has 0 saturated heterocycles. The molecule has 1 rings (SSSR count). The predicted molar refractivity (Wildman–Crippen MR) is 75.1 cm³/mol. The molecule has 20 heavy (non-hydrogen) atoms. The number of nitrogens with one attached hydrogen (secondary N) is 1. The Morgan fingerprint density at radius 2 is 2.05 bits per heavy atom. The molecule has 0 aliphatic carbocycles. The number of rotatable bonds is 7. The van der Waals surface area contributed by atoms with Gasteiger partial charge in [0.2, 0.25) is 0 Å². The lowest BCUT2D eigenvalue weighted by Gasteiger charge is -2.14. The molecular weight excluding hydrogens is 286 g/mol. The fourth-order valence-corrected chi connectivity index (χ4v) is 1.92. The molecule has 0 fully saturated rings. The first-order chi connectivity index (χ1) is 9.27. The minimum absolute atomic E-state index is 0.104. The molecule has 0 saturated carbocycles. The van der Waals surface area contributed by atoms with E-state index in [1.165, 1.54) is 32.3 Å². The van der Waals surface area contributed by atoms with E-state index in [9.17, 15) is 18.5 Å². The third kappa shape index (κ3) is 4.07. The van der Waals surface area contributed by atoms with Crippen LogP contribution in [0.1, 0.15) is 13.3 Å². The lowest BCUT2D eigenvalue weighted by atomic mass is 10.2. The van der Waals surface area contributed by atoms with Crippen LogP contribution in [0.2, 0.25) is 0 Å². The van der Waals surface area contributed by atoms with E-state index >= 15 is 0 Å². The fourth-order valence-electron chi connectivity index (χ4n) is 1.29. The minimum atomic E-state index is -3.80. The molecular formula is C11H17N3O5S. The smallest absolute Gasteiger partial charge is 0.301 e. The standard InChI is InChI=1S/C11H17N3O5S/c1-4-7-19-9-5-6-10(11(8-9)14(15)16)12-20(17,18)13(2)3/h5-6,8,12H,4,7H2,1-3H3. The van der Waals surface area contributed by atoms with Gasteiger partial charge < -0.3 is 4.74 Å². The number of nitrogens with zero attached hydrogens (tertiary/aromatic N) is 2. The Balaban J connectivity index is 3.11. The fraction of sp³-hybridized carbons (Fsp3) is 0.455. The van der Waals surface area contributed by atoms with E-state index in [1.54, 1.807) is 0 Å². The molecule has 8 nitrogen and oxygen atoms in total. The molecule has 0 atom stereocenters. The van der Waals surface area contributed by atoms with Crippen molar-refractivity contribution < 1.29 is 18.1 Å². The Bertz CT molecular complexity index is 586. The van der Waals surface area contributed by atoms with Crippen LogP contribution in [0.15, 0.2) is 18.2 Å². The SMILES string of the molecule is CCCOc1ccc(NS(=O)(=O)N(C)C)c([N+](=O)[O-])c1. The molecule has 0 bridgehead atoms. The number of anilines is 1. The van der Waals surface area contributed by atoms with Gasteiger partial charge in [-0.3, -0.25) is 14.8 Å². The summed E-state index contributed by atoms with van der Waals surface area (Å²) >= 11 is 0. The average molecular weight is 303 g/mol.